The number of nitrogens with zero attached hydrogens (tertiary/aromatic N) is 1. The summed E-state index contributed by atoms with van der Waals surface area (Å²) in [5.41, 5.74) is -0.0270. The predicted octanol–water partition coefficient (Wildman–Crippen LogP) is 6.52. The van der Waals surface area contributed by atoms with Crippen LogP contribution in [0.4, 0.5) is 13.2 Å². The fourth-order valence-corrected chi connectivity index (χ4v) is 5.24. The van der Waals surface area contributed by atoms with Crippen molar-refractivity contribution in [2.75, 3.05) is 0 Å². The summed E-state index contributed by atoms with van der Waals surface area (Å²) in [6.07, 6.45) is -1.06. The fraction of sp³-hybridized carbons (Fsp3) is 0.389. The molecule has 8 heteroatoms. The van der Waals surface area contributed by atoms with Gasteiger partial charge in [-0.2, -0.15) is 13.2 Å². The van der Waals surface area contributed by atoms with Crippen molar-refractivity contribution in [3.05, 3.63) is 55.2 Å². The van der Waals surface area contributed by atoms with Crippen LogP contribution in [0.5, 0.6) is 0 Å². The van der Waals surface area contributed by atoms with E-state index in [1.54, 1.807) is 0 Å². The largest absolute Gasteiger partial charge is 0.435 e. The number of benzene rings is 1. The molecule has 2 nitrogen and oxygen atoms in total. The van der Waals surface area contributed by atoms with Crippen LogP contribution in [-0.2, 0) is 23.3 Å². The van der Waals surface area contributed by atoms with E-state index in [0.717, 1.165) is 36.1 Å². The van der Waals surface area contributed by atoms with Crippen LogP contribution in [0.15, 0.2) is 28.7 Å². The van der Waals surface area contributed by atoms with Gasteiger partial charge in [-0.3, -0.25) is 0 Å². The minimum atomic E-state index is -4.66. The van der Waals surface area contributed by atoms with Crippen molar-refractivity contribution in [3.63, 3.8) is 0 Å². The van der Waals surface area contributed by atoms with Crippen molar-refractivity contribution < 1.29 is 18.0 Å². The highest BCUT2D eigenvalue weighted by Crippen LogP contribution is 2.50. The zero-order valence-electron chi connectivity index (χ0n) is 13.5. The topological polar surface area (TPSA) is 21.6 Å². The number of aryl methyl sites for hydroxylation is 1. The monoisotopic (exact) mass is 419 g/mol. The fourth-order valence-electron chi connectivity index (χ4n) is 3.57. The summed E-state index contributed by atoms with van der Waals surface area (Å²) < 4.78 is 42.1. The van der Waals surface area contributed by atoms with Gasteiger partial charge >= 0.3 is 6.18 Å². The highest BCUT2D eigenvalue weighted by molar-refractivity contribution is 7.12. The lowest BCUT2D eigenvalue weighted by molar-refractivity contribution is -0.275. The molecule has 138 valence electrons. The van der Waals surface area contributed by atoms with Crippen LogP contribution in [0.25, 0.3) is 0 Å². The number of hydrogen-bond donors (Lipinski definition) is 0. The van der Waals surface area contributed by atoms with Crippen LogP contribution in [0.3, 0.4) is 0 Å². The van der Waals surface area contributed by atoms with Gasteiger partial charge in [0.2, 0.25) is 0 Å². The second kappa shape index (κ2) is 6.43. The molecule has 4 rings (SSSR count). The van der Waals surface area contributed by atoms with E-state index in [1.165, 1.54) is 35.1 Å². The minimum Gasteiger partial charge on any atom is -0.374 e. The smallest absolute Gasteiger partial charge is 0.374 e. The zero-order valence-corrected chi connectivity index (χ0v) is 15.8. The molecule has 0 fully saturated rings. The molecule has 1 unspecified atom stereocenters. The Morgan fingerprint density at radius 3 is 2.46 bits per heavy atom. The van der Waals surface area contributed by atoms with Crippen molar-refractivity contribution in [3.8, 4) is 0 Å². The van der Waals surface area contributed by atoms with Crippen molar-refractivity contribution in [1.82, 2.24) is 0 Å². The Hall–Kier alpha value is -1.24. The van der Waals surface area contributed by atoms with Crippen molar-refractivity contribution in [1.29, 1.82) is 0 Å². The summed E-state index contributed by atoms with van der Waals surface area (Å²) in [7, 11) is 0. The van der Waals surface area contributed by atoms with Crippen molar-refractivity contribution >= 4 is 40.3 Å². The SMILES string of the molecule is FC(F)(F)C1(c2cc(Cl)cc(Cl)c2)CC(c2scc3c2CCCC3)=NO1. The molecule has 0 amide bonds. The van der Waals surface area contributed by atoms with Gasteiger partial charge in [0.15, 0.2) is 0 Å². The Labute approximate surface area is 162 Å². The van der Waals surface area contributed by atoms with Crippen LogP contribution < -0.4 is 0 Å². The third-order valence-electron chi connectivity index (χ3n) is 4.88. The number of halogens is 5. The number of oxime groups is 1. The lowest BCUT2D eigenvalue weighted by Crippen LogP contribution is -2.42. The zero-order chi connectivity index (χ0) is 18.5. The standard InChI is InChI=1S/C18H14Cl2F3NOS/c19-12-5-11(6-13(20)7-12)17(18(21,22)23)8-15(24-25-17)16-14-4-2-1-3-10(14)9-26-16/h5-7,9H,1-4,8H2. The number of fused-ring (bicyclic) bond motifs is 1. The first kappa shape index (κ1) is 18.1. The third-order valence-corrected chi connectivity index (χ3v) is 6.44. The Bertz CT molecular complexity index is 873. The maximum atomic E-state index is 14.0. The number of hydrogen-bond acceptors (Lipinski definition) is 3. The molecular weight excluding hydrogens is 406 g/mol. The van der Waals surface area contributed by atoms with Gasteiger partial charge in [0, 0.05) is 15.6 Å². The van der Waals surface area contributed by atoms with Gasteiger partial charge in [0.1, 0.15) is 5.71 Å². The molecule has 1 atom stereocenters. The van der Waals surface area contributed by atoms with E-state index >= 15 is 0 Å². The second-order valence-corrected chi connectivity index (χ2v) is 8.32. The van der Waals surface area contributed by atoms with E-state index in [1.807, 2.05) is 5.38 Å². The first-order valence-corrected chi connectivity index (χ1v) is 9.82. The van der Waals surface area contributed by atoms with E-state index < -0.39 is 11.8 Å². The van der Waals surface area contributed by atoms with Gasteiger partial charge in [0.25, 0.3) is 5.60 Å². The summed E-state index contributed by atoms with van der Waals surface area (Å²) in [5, 5.41) is 6.14. The Morgan fingerprint density at radius 2 is 1.77 bits per heavy atom. The van der Waals surface area contributed by atoms with Gasteiger partial charge in [-0.15, -0.1) is 11.3 Å². The molecule has 2 aliphatic rings. The molecule has 1 aromatic heterocycles. The van der Waals surface area contributed by atoms with Gasteiger partial charge < -0.3 is 4.84 Å². The molecule has 1 aromatic carbocycles. The van der Waals surface area contributed by atoms with Crippen molar-refractivity contribution in [2.45, 2.75) is 43.9 Å². The molecule has 0 spiro atoms. The summed E-state index contributed by atoms with van der Waals surface area (Å²) in [5.74, 6) is 0. The third kappa shape index (κ3) is 2.92. The van der Waals surface area contributed by atoms with Gasteiger partial charge in [-0.25, -0.2) is 0 Å². The van der Waals surface area contributed by atoms with Crippen LogP contribution >= 0.6 is 34.5 Å². The molecule has 2 heterocycles. The average molecular weight is 420 g/mol. The van der Waals surface area contributed by atoms with Gasteiger partial charge in [-0.1, -0.05) is 28.4 Å². The Balaban J connectivity index is 1.75. The Morgan fingerprint density at radius 1 is 1.08 bits per heavy atom. The predicted molar refractivity (Wildman–Crippen MR) is 97.4 cm³/mol. The van der Waals surface area contributed by atoms with Gasteiger partial charge in [-0.05, 0) is 60.4 Å². The molecule has 0 N–H and O–H groups in total. The van der Waals surface area contributed by atoms with Crippen LogP contribution in [-0.4, -0.2) is 11.9 Å². The van der Waals surface area contributed by atoms with E-state index in [2.05, 4.69) is 5.16 Å². The number of rotatable bonds is 2. The normalized spacial score (nSPS) is 22.7. The number of thiophene rings is 1. The lowest BCUT2D eigenvalue weighted by atomic mass is 9.86. The summed E-state index contributed by atoms with van der Waals surface area (Å²) >= 11 is 13.3. The molecule has 0 saturated carbocycles. The molecule has 26 heavy (non-hydrogen) atoms. The highest BCUT2D eigenvalue weighted by atomic mass is 35.5. The second-order valence-electron chi connectivity index (χ2n) is 6.56. The summed E-state index contributed by atoms with van der Waals surface area (Å²) in [6, 6.07) is 3.87. The molecule has 0 bridgehead atoms. The maximum Gasteiger partial charge on any atom is 0.435 e. The van der Waals surface area contributed by atoms with E-state index in [-0.39, 0.29) is 22.0 Å². The van der Waals surface area contributed by atoms with Crippen LogP contribution in [0, 0.1) is 0 Å². The average Bonchev–Trinajstić information content (AvgIpc) is 3.18. The molecule has 0 radical (unpaired) electrons. The summed E-state index contributed by atoms with van der Waals surface area (Å²) in [4.78, 5) is 5.89. The molecule has 2 aromatic rings. The molecule has 1 aliphatic carbocycles. The van der Waals surface area contributed by atoms with E-state index in [0.29, 0.717) is 5.71 Å². The lowest BCUT2D eigenvalue weighted by Gasteiger charge is -2.29. The van der Waals surface area contributed by atoms with E-state index in [4.69, 9.17) is 28.0 Å². The first-order chi connectivity index (χ1) is 12.3. The van der Waals surface area contributed by atoms with Crippen LogP contribution in [0.1, 0.15) is 40.8 Å². The van der Waals surface area contributed by atoms with Crippen LogP contribution in [0.2, 0.25) is 10.0 Å². The quantitative estimate of drug-likeness (QED) is 0.542. The molecule has 1 aliphatic heterocycles. The maximum absolute atomic E-state index is 14.0. The van der Waals surface area contributed by atoms with E-state index in [9.17, 15) is 13.2 Å². The first-order valence-electron chi connectivity index (χ1n) is 8.18. The van der Waals surface area contributed by atoms with Crippen molar-refractivity contribution in [2.24, 2.45) is 5.16 Å². The minimum absolute atomic E-state index is 0.127. The highest BCUT2D eigenvalue weighted by Gasteiger charge is 2.62. The van der Waals surface area contributed by atoms with Gasteiger partial charge in [0.05, 0.1) is 11.3 Å². The molecular formula is C18H14Cl2F3NOS. The Kier molecular flexibility index (Phi) is 4.48. The summed E-state index contributed by atoms with van der Waals surface area (Å²) in [6.45, 7) is 0. The number of alkyl halides is 3. The molecule has 0 saturated heterocycles.